The summed E-state index contributed by atoms with van der Waals surface area (Å²) in [4.78, 5) is 18.7. The van der Waals surface area contributed by atoms with Gasteiger partial charge in [0.25, 0.3) is 0 Å². The van der Waals surface area contributed by atoms with E-state index in [2.05, 4.69) is 15.3 Å². The Morgan fingerprint density at radius 1 is 1.50 bits per heavy atom. The van der Waals surface area contributed by atoms with Gasteiger partial charge in [-0.15, -0.1) is 0 Å². The van der Waals surface area contributed by atoms with Crippen molar-refractivity contribution >= 4 is 11.6 Å². The van der Waals surface area contributed by atoms with Crippen LogP contribution >= 0.6 is 0 Å². The summed E-state index contributed by atoms with van der Waals surface area (Å²) < 4.78 is 0. The second kappa shape index (κ2) is 5.46. The largest absolute Gasteiger partial charge is 0.348 e. The quantitative estimate of drug-likeness (QED) is 0.756. The lowest BCUT2D eigenvalue weighted by Gasteiger charge is -2.12. The lowest BCUT2D eigenvalue weighted by molar-refractivity contribution is -0.117. The van der Waals surface area contributed by atoms with Gasteiger partial charge in [-0.3, -0.25) is 4.79 Å². The summed E-state index contributed by atoms with van der Waals surface area (Å²) in [5, 5.41) is 2.82. The van der Waals surface area contributed by atoms with Crippen molar-refractivity contribution < 1.29 is 4.79 Å². The molecule has 2 rings (SSSR count). The molecule has 5 nitrogen and oxygen atoms in total. The van der Waals surface area contributed by atoms with E-state index in [1.54, 1.807) is 12.5 Å². The van der Waals surface area contributed by atoms with Crippen molar-refractivity contribution in [3.8, 4) is 0 Å². The number of imidazole rings is 1. The van der Waals surface area contributed by atoms with Gasteiger partial charge in [-0.25, -0.2) is 4.98 Å². The maximum absolute atomic E-state index is 11.9. The summed E-state index contributed by atoms with van der Waals surface area (Å²) in [5.41, 5.74) is 8.50. The van der Waals surface area contributed by atoms with Gasteiger partial charge in [-0.05, 0) is 18.6 Å². The number of aromatic nitrogens is 2. The van der Waals surface area contributed by atoms with Gasteiger partial charge < -0.3 is 16.0 Å². The number of nitrogens with zero attached hydrogens (tertiary/aromatic N) is 1. The zero-order chi connectivity index (χ0) is 13.0. The monoisotopic (exact) mass is 244 g/mol. The molecule has 0 spiro atoms. The molecule has 0 radical (unpaired) electrons. The molecule has 1 aromatic carbocycles. The van der Waals surface area contributed by atoms with Crippen LogP contribution in [0, 0.1) is 6.92 Å². The van der Waals surface area contributed by atoms with Crippen LogP contribution in [0.1, 0.15) is 11.3 Å². The Hall–Kier alpha value is -2.14. The summed E-state index contributed by atoms with van der Waals surface area (Å²) >= 11 is 0. The first kappa shape index (κ1) is 12.3. The molecule has 1 atom stereocenters. The Bertz CT molecular complexity index is 522. The summed E-state index contributed by atoms with van der Waals surface area (Å²) in [6.07, 6.45) is 3.68. The van der Waals surface area contributed by atoms with Gasteiger partial charge in [0.1, 0.15) is 0 Å². The number of nitrogens with one attached hydrogen (secondary N) is 2. The van der Waals surface area contributed by atoms with Crippen molar-refractivity contribution in [2.75, 3.05) is 5.32 Å². The number of H-pyrrole nitrogens is 1. The smallest absolute Gasteiger partial charge is 0.241 e. The molecule has 0 aliphatic heterocycles. The van der Waals surface area contributed by atoms with Crippen molar-refractivity contribution in [1.82, 2.24) is 9.97 Å². The molecule has 0 saturated heterocycles. The zero-order valence-electron chi connectivity index (χ0n) is 10.2. The summed E-state index contributed by atoms with van der Waals surface area (Å²) in [6, 6.07) is 7.01. The number of aromatic amines is 1. The maximum atomic E-state index is 11.9. The molecular weight excluding hydrogens is 228 g/mol. The molecule has 0 bridgehead atoms. The molecule has 2 aromatic rings. The van der Waals surface area contributed by atoms with Gasteiger partial charge >= 0.3 is 0 Å². The highest BCUT2D eigenvalue weighted by molar-refractivity contribution is 5.95. The first-order valence-electron chi connectivity index (χ1n) is 5.76. The predicted octanol–water partition coefficient (Wildman–Crippen LogP) is 1.23. The average Bonchev–Trinajstić information content (AvgIpc) is 2.84. The number of hydrogen-bond donors (Lipinski definition) is 3. The van der Waals surface area contributed by atoms with Gasteiger partial charge in [0.05, 0.1) is 12.4 Å². The van der Waals surface area contributed by atoms with E-state index >= 15 is 0 Å². The van der Waals surface area contributed by atoms with E-state index in [-0.39, 0.29) is 5.91 Å². The molecule has 18 heavy (non-hydrogen) atoms. The number of rotatable bonds is 4. The van der Waals surface area contributed by atoms with Crippen LogP contribution in [0.4, 0.5) is 5.69 Å². The lowest BCUT2D eigenvalue weighted by Crippen LogP contribution is -2.37. The van der Waals surface area contributed by atoms with Gasteiger partial charge in [0, 0.05) is 24.0 Å². The first-order valence-corrected chi connectivity index (χ1v) is 5.76. The Morgan fingerprint density at radius 3 is 2.94 bits per heavy atom. The highest BCUT2D eigenvalue weighted by Gasteiger charge is 2.15. The van der Waals surface area contributed by atoms with E-state index in [0.717, 1.165) is 16.9 Å². The fourth-order valence-corrected chi connectivity index (χ4v) is 1.66. The van der Waals surface area contributed by atoms with Crippen LogP contribution in [-0.2, 0) is 11.2 Å². The minimum atomic E-state index is -0.593. The van der Waals surface area contributed by atoms with Crippen molar-refractivity contribution in [3.05, 3.63) is 48.0 Å². The normalized spacial score (nSPS) is 12.1. The first-order chi connectivity index (χ1) is 8.66. The van der Waals surface area contributed by atoms with Crippen LogP contribution in [0.2, 0.25) is 0 Å². The molecule has 0 aliphatic carbocycles. The fraction of sp³-hybridized carbons (Fsp3) is 0.231. The zero-order valence-corrected chi connectivity index (χ0v) is 10.2. The molecule has 0 saturated carbocycles. The number of aryl methyl sites for hydroxylation is 1. The van der Waals surface area contributed by atoms with Crippen molar-refractivity contribution in [2.45, 2.75) is 19.4 Å². The standard InChI is InChI=1S/C13H16N4O/c1-9-4-2-3-5-12(9)17-13(18)11(14)6-10-7-15-8-16-10/h2-5,7-8,11H,6,14H2,1H3,(H,15,16)(H,17,18)/t11-/m0/s1. The molecular formula is C13H16N4O. The Kier molecular flexibility index (Phi) is 3.74. The van der Waals surface area contributed by atoms with Crippen molar-refractivity contribution in [3.63, 3.8) is 0 Å². The topological polar surface area (TPSA) is 83.8 Å². The minimum absolute atomic E-state index is 0.195. The van der Waals surface area contributed by atoms with E-state index in [1.165, 1.54) is 0 Å². The number of hydrogen-bond acceptors (Lipinski definition) is 3. The van der Waals surface area contributed by atoms with Crippen molar-refractivity contribution in [2.24, 2.45) is 5.73 Å². The molecule has 1 heterocycles. The van der Waals surface area contributed by atoms with Crippen molar-refractivity contribution in [1.29, 1.82) is 0 Å². The number of carbonyl (C=O) groups is 1. The summed E-state index contributed by atoms with van der Waals surface area (Å²) in [7, 11) is 0. The van der Waals surface area contributed by atoms with Gasteiger partial charge in [0.2, 0.25) is 5.91 Å². The fourth-order valence-electron chi connectivity index (χ4n) is 1.66. The molecule has 1 amide bonds. The second-order valence-electron chi connectivity index (χ2n) is 4.19. The van der Waals surface area contributed by atoms with Gasteiger partial charge in [-0.2, -0.15) is 0 Å². The number of para-hydroxylation sites is 1. The summed E-state index contributed by atoms with van der Waals surface area (Å²) in [5.74, 6) is -0.195. The SMILES string of the molecule is Cc1ccccc1NC(=O)[C@@H](N)Cc1cnc[nH]1. The van der Waals surface area contributed by atoms with E-state index in [9.17, 15) is 4.79 Å². The Labute approximate surface area is 105 Å². The van der Waals surface area contributed by atoms with Crippen LogP contribution in [0.3, 0.4) is 0 Å². The third kappa shape index (κ3) is 2.95. The van der Waals surface area contributed by atoms with E-state index < -0.39 is 6.04 Å². The van der Waals surface area contributed by atoms with Gasteiger partial charge in [-0.1, -0.05) is 18.2 Å². The highest BCUT2D eigenvalue weighted by Crippen LogP contribution is 2.13. The van der Waals surface area contributed by atoms with Crippen LogP contribution in [0.5, 0.6) is 0 Å². The highest BCUT2D eigenvalue weighted by atomic mass is 16.2. The maximum Gasteiger partial charge on any atom is 0.241 e. The molecule has 0 aliphatic rings. The Balaban J connectivity index is 1.98. The predicted molar refractivity (Wildman–Crippen MR) is 70.1 cm³/mol. The second-order valence-corrected chi connectivity index (χ2v) is 4.19. The van der Waals surface area contributed by atoms with E-state index in [1.807, 2.05) is 31.2 Å². The van der Waals surface area contributed by atoms with Crippen LogP contribution in [-0.4, -0.2) is 21.9 Å². The molecule has 0 fully saturated rings. The van der Waals surface area contributed by atoms with E-state index in [0.29, 0.717) is 6.42 Å². The molecule has 1 aromatic heterocycles. The number of amides is 1. The third-order valence-electron chi connectivity index (χ3n) is 2.73. The number of benzene rings is 1. The van der Waals surface area contributed by atoms with Crippen LogP contribution in [0.15, 0.2) is 36.8 Å². The summed E-state index contributed by atoms with van der Waals surface area (Å²) in [6.45, 7) is 1.94. The van der Waals surface area contributed by atoms with Gasteiger partial charge in [0.15, 0.2) is 0 Å². The lowest BCUT2D eigenvalue weighted by atomic mass is 10.1. The number of carbonyl (C=O) groups excluding carboxylic acids is 1. The van der Waals surface area contributed by atoms with E-state index in [4.69, 9.17) is 5.73 Å². The van der Waals surface area contributed by atoms with Crippen LogP contribution < -0.4 is 11.1 Å². The third-order valence-corrected chi connectivity index (χ3v) is 2.73. The number of nitrogens with two attached hydrogens (primary N) is 1. The minimum Gasteiger partial charge on any atom is -0.348 e. The Morgan fingerprint density at radius 2 is 2.28 bits per heavy atom. The molecule has 5 heteroatoms. The number of anilines is 1. The molecule has 94 valence electrons. The molecule has 0 unspecified atom stereocenters. The molecule has 4 N–H and O–H groups in total. The van der Waals surface area contributed by atoms with Crippen LogP contribution in [0.25, 0.3) is 0 Å². The average molecular weight is 244 g/mol.